The largest absolute Gasteiger partial charge is 0.350 e. The molecule has 166 valence electrons. The monoisotopic (exact) mass is 451 g/mol. The van der Waals surface area contributed by atoms with Gasteiger partial charge in [-0.05, 0) is 34.5 Å². The second-order valence-electron chi connectivity index (χ2n) is 7.80. The summed E-state index contributed by atoms with van der Waals surface area (Å²) in [7, 11) is -3.75. The number of benzene rings is 3. The van der Waals surface area contributed by atoms with Gasteiger partial charge in [-0.25, -0.2) is 8.42 Å². The molecule has 7 nitrogen and oxygen atoms in total. The van der Waals surface area contributed by atoms with Crippen molar-refractivity contribution in [1.29, 1.82) is 0 Å². The zero-order valence-corrected chi connectivity index (χ0v) is 18.6. The molecular formula is C24H25N3O4S. The number of nitrogens with zero attached hydrogens (tertiary/aromatic N) is 2. The molecule has 1 fully saturated rings. The molecule has 1 atom stereocenters. The first kappa shape index (κ1) is 22.0. The Morgan fingerprint density at radius 2 is 1.62 bits per heavy atom. The van der Waals surface area contributed by atoms with E-state index in [0.717, 1.165) is 16.3 Å². The molecule has 8 heteroatoms. The van der Waals surface area contributed by atoms with E-state index in [4.69, 9.17) is 0 Å². The number of amides is 2. The fraction of sp³-hybridized carbons (Fsp3) is 0.250. The van der Waals surface area contributed by atoms with Crippen LogP contribution in [0, 0.1) is 0 Å². The molecule has 0 bridgehead atoms. The van der Waals surface area contributed by atoms with Gasteiger partial charge in [-0.15, -0.1) is 0 Å². The third-order valence-electron chi connectivity index (χ3n) is 5.71. The van der Waals surface area contributed by atoms with Crippen molar-refractivity contribution in [3.63, 3.8) is 0 Å². The summed E-state index contributed by atoms with van der Waals surface area (Å²) in [4.78, 5) is 26.8. The maximum Gasteiger partial charge on any atom is 0.244 e. The van der Waals surface area contributed by atoms with Gasteiger partial charge >= 0.3 is 0 Å². The number of fused-ring (bicyclic) bond motifs is 1. The zero-order valence-electron chi connectivity index (χ0n) is 17.8. The van der Waals surface area contributed by atoms with Crippen LogP contribution in [0.4, 0.5) is 0 Å². The third kappa shape index (κ3) is 4.51. The van der Waals surface area contributed by atoms with Crippen molar-refractivity contribution < 1.29 is 18.0 Å². The van der Waals surface area contributed by atoms with E-state index in [9.17, 15) is 18.0 Å². The summed E-state index contributed by atoms with van der Waals surface area (Å²) in [5.74, 6) is -0.631. The summed E-state index contributed by atoms with van der Waals surface area (Å²) in [6.07, 6.45) is 0. The Morgan fingerprint density at radius 3 is 2.34 bits per heavy atom. The van der Waals surface area contributed by atoms with Crippen LogP contribution in [-0.2, 0) is 26.2 Å². The van der Waals surface area contributed by atoms with Gasteiger partial charge in [0, 0.05) is 33.1 Å². The van der Waals surface area contributed by atoms with Crippen molar-refractivity contribution in [3.8, 4) is 0 Å². The normalized spacial score (nSPS) is 17.3. The minimum atomic E-state index is -3.75. The predicted molar refractivity (Wildman–Crippen MR) is 122 cm³/mol. The lowest BCUT2D eigenvalue weighted by molar-refractivity contribution is -0.141. The molecule has 2 amide bonds. The highest BCUT2D eigenvalue weighted by molar-refractivity contribution is 7.89. The molecule has 0 aliphatic carbocycles. The number of sulfonamides is 1. The van der Waals surface area contributed by atoms with Crippen LogP contribution in [0.15, 0.2) is 77.7 Å². The number of nitrogens with one attached hydrogen (secondary N) is 1. The second-order valence-corrected chi connectivity index (χ2v) is 9.74. The van der Waals surface area contributed by atoms with E-state index in [1.807, 2.05) is 42.5 Å². The molecule has 3 aromatic carbocycles. The fourth-order valence-electron chi connectivity index (χ4n) is 3.97. The summed E-state index contributed by atoms with van der Waals surface area (Å²) in [5, 5.41) is 5.06. The van der Waals surface area contributed by atoms with Crippen LogP contribution < -0.4 is 5.32 Å². The van der Waals surface area contributed by atoms with Crippen LogP contribution >= 0.6 is 0 Å². The second kappa shape index (κ2) is 9.10. The molecule has 1 unspecified atom stereocenters. The first-order chi connectivity index (χ1) is 15.4. The summed E-state index contributed by atoms with van der Waals surface area (Å²) in [6, 6.07) is 21.1. The fourth-order valence-corrected chi connectivity index (χ4v) is 5.43. The van der Waals surface area contributed by atoms with E-state index >= 15 is 0 Å². The smallest absolute Gasteiger partial charge is 0.244 e. The Morgan fingerprint density at radius 1 is 0.938 bits per heavy atom. The van der Waals surface area contributed by atoms with E-state index in [1.165, 1.54) is 28.3 Å². The molecule has 1 aliphatic rings. The Labute approximate surface area is 187 Å². The third-order valence-corrected chi connectivity index (χ3v) is 7.59. The molecule has 0 radical (unpaired) electrons. The van der Waals surface area contributed by atoms with Crippen LogP contribution in [0.5, 0.6) is 0 Å². The molecule has 1 aliphatic heterocycles. The van der Waals surface area contributed by atoms with Crippen LogP contribution in [0.25, 0.3) is 10.8 Å². The van der Waals surface area contributed by atoms with E-state index in [0.29, 0.717) is 0 Å². The van der Waals surface area contributed by atoms with Gasteiger partial charge < -0.3 is 10.2 Å². The lowest BCUT2D eigenvalue weighted by Gasteiger charge is -2.39. The lowest BCUT2D eigenvalue weighted by Crippen LogP contribution is -2.61. The lowest BCUT2D eigenvalue weighted by atomic mass is 10.1. The number of carbonyl (C=O) groups excluding carboxylic acids is 2. The molecule has 0 spiro atoms. The standard InChI is InChI=1S/C24H25N3O4S/c1-18(28)27-14-13-26(32(30,31)22-9-3-2-4-10-22)17-23(27)24(29)25-16-19-11-12-20-7-5-6-8-21(20)15-19/h2-12,15,23H,13-14,16-17H2,1H3,(H,25,29). The Kier molecular flexibility index (Phi) is 6.25. The number of hydrogen-bond donors (Lipinski definition) is 1. The van der Waals surface area contributed by atoms with E-state index < -0.39 is 16.1 Å². The zero-order chi connectivity index (χ0) is 22.7. The minimum Gasteiger partial charge on any atom is -0.350 e. The van der Waals surface area contributed by atoms with Crippen molar-refractivity contribution in [2.45, 2.75) is 24.4 Å². The Hall–Kier alpha value is -3.23. The average molecular weight is 452 g/mol. The highest BCUT2D eigenvalue weighted by Crippen LogP contribution is 2.21. The molecule has 0 aromatic heterocycles. The summed E-state index contributed by atoms with van der Waals surface area (Å²) < 4.78 is 27.3. The minimum absolute atomic E-state index is 0.0830. The molecule has 0 saturated carbocycles. The van der Waals surface area contributed by atoms with Crippen molar-refractivity contribution in [2.24, 2.45) is 0 Å². The first-order valence-electron chi connectivity index (χ1n) is 10.4. The van der Waals surface area contributed by atoms with E-state index in [1.54, 1.807) is 18.2 Å². The van der Waals surface area contributed by atoms with E-state index in [-0.39, 0.29) is 42.9 Å². The Bertz CT molecular complexity index is 1240. The highest BCUT2D eigenvalue weighted by Gasteiger charge is 2.38. The molecule has 3 aromatic rings. The van der Waals surface area contributed by atoms with Crippen LogP contribution in [0.1, 0.15) is 12.5 Å². The van der Waals surface area contributed by atoms with Gasteiger partial charge in [-0.1, -0.05) is 54.6 Å². The Balaban J connectivity index is 1.50. The van der Waals surface area contributed by atoms with Crippen LogP contribution in [0.3, 0.4) is 0 Å². The van der Waals surface area contributed by atoms with Gasteiger partial charge in [-0.2, -0.15) is 4.31 Å². The van der Waals surface area contributed by atoms with Gasteiger partial charge in [0.2, 0.25) is 21.8 Å². The number of rotatable bonds is 5. The molecule has 1 heterocycles. The highest BCUT2D eigenvalue weighted by atomic mass is 32.2. The van der Waals surface area contributed by atoms with Gasteiger partial charge in [-0.3, -0.25) is 9.59 Å². The topological polar surface area (TPSA) is 86.8 Å². The van der Waals surface area contributed by atoms with Crippen molar-refractivity contribution in [1.82, 2.24) is 14.5 Å². The maximum atomic E-state index is 13.0. The predicted octanol–water partition coefficient (Wildman–Crippen LogP) is 2.38. The molecule has 1 saturated heterocycles. The van der Waals surface area contributed by atoms with E-state index in [2.05, 4.69) is 5.32 Å². The first-order valence-corrected chi connectivity index (χ1v) is 11.9. The molecule has 1 N–H and O–H groups in total. The van der Waals surface area contributed by atoms with Crippen molar-refractivity contribution in [3.05, 3.63) is 78.4 Å². The van der Waals surface area contributed by atoms with Gasteiger partial charge in [0.05, 0.1) is 4.90 Å². The van der Waals surface area contributed by atoms with Crippen LogP contribution in [0.2, 0.25) is 0 Å². The average Bonchev–Trinajstić information content (AvgIpc) is 2.82. The number of piperazine rings is 1. The SMILES string of the molecule is CC(=O)N1CCN(S(=O)(=O)c2ccccc2)CC1C(=O)NCc1ccc2ccccc2c1. The van der Waals surface area contributed by atoms with Gasteiger partial charge in [0.25, 0.3) is 0 Å². The quantitative estimate of drug-likeness (QED) is 0.645. The number of hydrogen-bond acceptors (Lipinski definition) is 4. The molecule has 4 rings (SSSR count). The maximum absolute atomic E-state index is 13.0. The molecule has 32 heavy (non-hydrogen) atoms. The van der Waals surface area contributed by atoms with Crippen LogP contribution in [-0.4, -0.2) is 55.1 Å². The van der Waals surface area contributed by atoms with Crippen molar-refractivity contribution >= 4 is 32.6 Å². The summed E-state index contributed by atoms with van der Waals surface area (Å²) in [6.45, 7) is 1.91. The summed E-state index contributed by atoms with van der Waals surface area (Å²) >= 11 is 0. The van der Waals surface area contributed by atoms with Gasteiger partial charge in [0.1, 0.15) is 6.04 Å². The van der Waals surface area contributed by atoms with Crippen molar-refractivity contribution in [2.75, 3.05) is 19.6 Å². The summed E-state index contributed by atoms with van der Waals surface area (Å²) in [5.41, 5.74) is 0.927. The number of carbonyl (C=O) groups is 2. The van der Waals surface area contributed by atoms with Gasteiger partial charge in [0.15, 0.2) is 0 Å². The molecular weight excluding hydrogens is 426 g/mol.